The largest absolute Gasteiger partial charge is 0.374 e. The molecular weight excluding hydrogens is 226 g/mol. The molecule has 3 nitrogen and oxygen atoms in total. The maximum Gasteiger partial charge on any atom is 0.261 e. The van der Waals surface area contributed by atoms with E-state index in [1.807, 2.05) is 0 Å². The molecule has 17 heavy (non-hydrogen) atoms. The molecule has 0 spiro atoms. The van der Waals surface area contributed by atoms with E-state index >= 15 is 0 Å². The molecule has 0 aromatic heterocycles. The van der Waals surface area contributed by atoms with Crippen molar-refractivity contribution in [3.63, 3.8) is 0 Å². The Morgan fingerprint density at radius 1 is 1.41 bits per heavy atom. The third kappa shape index (κ3) is 6.91. The number of nitrogens with one attached hydrogen (secondary N) is 1. The van der Waals surface area contributed by atoms with Gasteiger partial charge in [0.05, 0.1) is 6.61 Å². The van der Waals surface area contributed by atoms with Gasteiger partial charge in [-0.1, -0.05) is 6.92 Å². The number of hydrogen-bond donors (Lipinski definition) is 1. The third-order valence-corrected chi connectivity index (χ3v) is 3.17. The Bertz CT molecular complexity index is 193. The highest BCUT2D eigenvalue weighted by Gasteiger charge is 2.13. The summed E-state index contributed by atoms with van der Waals surface area (Å²) in [6.45, 7) is 6.04. The Hall–Kier alpha value is -0.260. The van der Waals surface area contributed by atoms with E-state index in [0.717, 1.165) is 45.4 Å². The SMILES string of the molecule is CCC1CCN(CCOCC(F)F)CCCN1. The van der Waals surface area contributed by atoms with Gasteiger partial charge in [0.2, 0.25) is 0 Å². The van der Waals surface area contributed by atoms with Crippen molar-refractivity contribution in [1.29, 1.82) is 0 Å². The van der Waals surface area contributed by atoms with Crippen LogP contribution in [0.1, 0.15) is 26.2 Å². The van der Waals surface area contributed by atoms with Crippen molar-refractivity contribution in [3.8, 4) is 0 Å². The number of nitrogens with zero attached hydrogens (tertiary/aromatic N) is 1. The van der Waals surface area contributed by atoms with Crippen LogP contribution in [0.15, 0.2) is 0 Å². The Morgan fingerprint density at radius 2 is 2.24 bits per heavy atom. The molecule has 1 fully saturated rings. The summed E-state index contributed by atoms with van der Waals surface area (Å²) in [4.78, 5) is 2.31. The quantitative estimate of drug-likeness (QED) is 0.727. The van der Waals surface area contributed by atoms with Gasteiger partial charge in [-0.15, -0.1) is 0 Å². The molecule has 1 saturated heterocycles. The van der Waals surface area contributed by atoms with Crippen molar-refractivity contribution in [1.82, 2.24) is 10.2 Å². The monoisotopic (exact) mass is 250 g/mol. The molecular formula is C12H24F2N2O. The summed E-state index contributed by atoms with van der Waals surface area (Å²) in [5.74, 6) is 0. The van der Waals surface area contributed by atoms with E-state index in [1.54, 1.807) is 0 Å². The lowest BCUT2D eigenvalue weighted by Gasteiger charge is -2.28. The Balaban J connectivity index is 2.13. The van der Waals surface area contributed by atoms with E-state index in [1.165, 1.54) is 0 Å². The fourth-order valence-corrected chi connectivity index (χ4v) is 2.10. The van der Waals surface area contributed by atoms with Gasteiger partial charge in [0, 0.05) is 12.6 Å². The maximum atomic E-state index is 11.9. The van der Waals surface area contributed by atoms with Crippen molar-refractivity contribution in [2.45, 2.75) is 38.7 Å². The molecule has 102 valence electrons. The highest BCUT2D eigenvalue weighted by atomic mass is 19.3. The van der Waals surface area contributed by atoms with E-state index in [0.29, 0.717) is 12.6 Å². The van der Waals surface area contributed by atoms with Crippen LogP contribution < -0.4 is 5.32 Å². The lowest BCUT2D eigenvalue weighted by molar-refractivity contribution is 0.00903. The Morgan fingerprint density at radius 3 is 2.94 bits per heavy atom. The van der Waals surface area contributed by atoms with Crippen LogP contribution in [0.5, 0.6) is 0 Å². The lowest BCUT2D eigenvalue weighted by Crippen LogP contribution is -2.40. The van der Waals surface area contributed by atoms with Gasteiger partial charge in [-0.05, 0) is 38.9 Å². The minimum Gasteiger partial charge on any atom is -0.374 e. The third-order valence-electron chi connectivity index (χ3n) is 3.17. The van der Waals surface area contributed by atoms with Gasteiger partial charge in [-0.25, -0.2) is 8.78 Å². The normalized spacial score (nSPS) is 23.6. The van der Waals surface area contributed by atoms with Crippen molar-refractivity contribution >= 4 is 0 Å². The average Bonchev–Trinajstić information content (AvgIpc) is 2.27. The van der Waals surface area contributed by atoms with Crippen LogP contribution in [-0.2, 0) is 4.74 Å². The topological polar surface area (TPSA) is 24.5 Å². The highest BCUT2D eigenvalue weighted by molar-refractivity contribution is 4.72. The molecule has 1 N–H and O–H groups in total. The number of hydrogen-bond acceptors (Lipinski definition) is 3. The van der Waals surface area contributed by atoms with Crippen molar-refractivity contribution in [3.05, 3.63) is 0 Å². The van der Waals surface area contributed by atoms with Gasteiger partial charge >= 0.3 is 0 Å². The first-order chi connectivity index (χ1) is 8.22. The highest BCUT2D eigenvalue weighted by Crippen LogP contribution is 2.05. The summed E-state index contributed by atoms with van der Waals surface area (Å²) in [5, 5.41) is 3.52. The van der Waals surface area contributed by atoms with E-state index in [9.17, 15) is 8.78 Å². The van der Waals surface area contributed by atoms with Gasteiger partial charge in [-0.2, -0.15) is 0 Å². The summed E-state index contributed by atoms with van der Waals surface area (Å²) in [5.41, 5.74) is 0. The first-order valence-corrected chi connectivity index (χ1v) is 6.54. The first-order valence-electron chi connectivity index (χ1n) is 6.54. The van der Waals surface area contributed by atoms with Gasteiger partial charge < -0.3 is 15.0 Å². The van der Waals surface area contributed by atoms with E-state index < -0.39 is 13.0 Å². The minimum atomic E-state index is -2.35. The van der Waals surface area contributed by atoms with Gasteiger partial charge in [0.15, 0.2) is 0 Å². The van der Waals surface area contributed by atoms with Crippen LogP contribution in [0, 0.1) is 0 Å². The predicted molar refractivity (Wildman–Crippen MR) is 64.6 cm³/mol. The Labute approximate surface area is 103 Å². The zero-order valence-corrected chi connectivity index (χ0v) is 10.6. The molecule has 0 aliphatic carbocycles. The van der Waals surface area contributed by atoms with Crippen molar-refractivity contribution < 1.29 is 13.5 Å². The van der Waals surface area contributed by atoms with Crippen LogP contribution in [0.3, 0.4) is 0 Å². The molecule has 0 aromatic rings. The molecule has 0 saturated carbocycles. The number of ether oxygens (including phenoxy) is 1. The molecule has 0 bridgehead atoms. The molecule has 1 rings (SSSR count). The molecule has 1 atom stereocenters. The van der Waals surface area contributed by atoms with E-state index in [-0.39, 0.29) is 0 Å². The molecule has 0 radical (unpaired) electrons. The van der Waals surface area contributed by atoms with Crippen LogP contribution in [0.25, 0.3) is 0 Å². The smallest absolute Gasteiger partial charge is 0.261 e. The molecule has 1 aliphatic rings. The standard InChI is InChI=1S/C12H24F2N2O/c1-2-11-4-7-16(6-3-5-15-11)8-9-17-10-12(13)14/h11-12,15H,2-10H2,1H3. The second kappa shape index (κ2) is 8.78. The summed E-state index contributed by atoms with van der Waals surface area (Å²) < 4.78 is 28.7. The molecule has 5 heteroatoms. The van der Waals surface area contributed by atoms with Crippen molar-refractivity contribution in [2.24, 2.45) is 0 Å². The van der Waals surface area contributed by atoms with Crippen LogP contribution in [0.2, 0.25) is 0 Å². The van der Waals surface area contributed by atoms with Crippen LogP contribution >= 0.6 is 0 Å². The van der Waals surface area contributed by atoms with Crippen LogP contribution in [-0.4, -0.2) is 56.8 Å². The number of rotatable bonds is 6. The fourth-order valence-electron chi connectivity index (χ4n) is 2.10. The molecule has 0 aromatic carbocycles. The van der Waals surface area contributed by atoms with Gasteiger partial charge in [0.1, 0.15) is 6.61 Å². The lowest BCUT2D eigenvalue weighted by atomic mass is 10.1. The van der Waals surface area contributed by atoms with E-state index in [2.05, 4.69) is 17.1 Å². The molecule has 0 amide bonds. The van der Waals surface area contributed by atoms with Crippen LogP contribution in [0.4, 0.5) is 8.78 Å². The Kier molecular flexibility index (Phi) is 7.64. The molecule has 1 unspecified atom stereocenters. The number of alkyl halides is 2. The minimum absolute atomic E-state index is 0.411. The summed E-state index contributed by atoms with van der Waals surface area (Å²) in [6, 6.07) is 0.597. The van der Waals surface area contributed by atoms with E-state index in [4.69, 9.17) is 4.74 Å². The summed E-state index contributed by atoms with van der Waals surface area (Å²) in [6.07, 6.45) is 1.04. The van der Waals surface area contributed by atoms with Crippen molar-refractivity contribution in [2.75, 3.05) is 39.4 Å². The second-order valence-electron chi connectivity index (χ2n) is 4.51. The van der Waals surface area contributed by atoms with Gasteiger partial charge in [0.25, 0.3) is 6.43 Å². The summed E-state index contributed by atoms with van der Waals surface area (Å²) >= 11 is 0. The number of halogens is 2. The predicted octanol–water partition coefficient (Wildman–Crippen LogP) is 1.73. The molecule has 1 aliphatic heterocycles. The van der Waals surface area contributed by atoms with Gasteiger partial charge in [-0.3, -0.25) is 0 Å². The first kappa shape index (κ1) is 14.8. The zero-order valence-electron chi connectivity index (χ0n) is 10.6. The maximum absolute atomic E-state index is 11.9. The summed E-state index contributed by atoms with van der Waals surface area (Å²) in [7, 11) is 0. The molecule has 1 heterocycles. The second-order valence-corrected chi connectivity index (χ2v) is 4.51. The average molecular weight is 250 g/mol. The zero-order chi connectivity index (χ0) is 12.5. The fraction of sp³-hybridized carbons (Fsp3) is 1.00.